The minimum absolute atomic E-state index is 0.115. The van der Waals surface area contributed by atoms with Gasteiger partial charge in [0.25, 0.3) is 5.91 Å². The van der Waals surface area contributed by atoms with Crippen molar-refractivity contribution in [1.82, 2.24) is 10.3 Å². The molecular weight excluding hydrogens is 208 g/mol. The summed E-state index contributed by atoms with van der Waals surface area (Å²) in [4.78, 5) is 15.2. The third-order valence-corrected chi connectivity index (χ3v) is 2.17. The van der Waals surface area contributed by atoms with Gasteiger partial charge >= 0.3 is 0 Å². The van der Waals surface area contributed by atoms with E-state index in [0.717, 1.165) is 19.3 Å². The molecule has 88 valence electrons. The number of pyridine rings is 1. The summed E-state index contributed by atoms with van der Waals surface area (Å²) in [7, 11) is 0. The van der Waals surface area contributed by atoms with E-state index in [2.05, 4.69) is 10.3 Å². The highest BCUT2D eigenvalue weighted by atomic mass is 16.3. The van der Waals surface area contributed by atoms with Crippen LogP contribution in [0, 0.1) is 0 Å². The van der Waals surface area contributed by atoms with Crippen LogP contribution in [0.4, 0.5) is 0 Å². The number of hydrogen-bond donors (Lipinski definition) is 3. The fourth-order valence-corrected chi connectivity index (χ4v) is 1.29. The zero-order valence-corrected chi connectivity index (χ0v) is 9.02. The smallest absolute Gasteiger partial charge is 0.255 e. The molecule has 0 aliphatic carbocycles. The van der Waals surface area contributed by atoms with E-state index < -0.39 is 0 Å². The van der Waals surface area contributed by atoms with Gasteiger partial charge < -0.3 is 15.5 Å². The minimum atomic E-state index is -0.302. The van der Waals surface area contributed by atoms with E-state index >= 15 is 0 Å². The molecule has 0 atom stereocenters. The number of nitrogens with one attached hydrogen (secondary N) is 1. The van der Waals surface area contributed by atoms with Crippen molar-refractivity contribution in [3.63, 3.8) is 0 Å². The fraction of sp³-hybridized carbons (Fsp3) is 0.455. The second-order valence-corrected chi connectivity index (χ2v) is 3.43. The van der Waals surface area contributed by atoms with Crippen LogP contribution in [0.15, 0.2) is 18.5 Å². The van der Waals surface area contributed by atoms with Gasteiger partial charge in [-0.05, 0) is 25.3 Å². The molecule has 0 saturated heterocycles. The zero-order chi connectivity index (χ0) is 11.8. The second-order valence-electron chi connectivity index (χ2n) is 3.43. The van der Waals surface area contributed by atoms with Crippen molar-refractivity contribution in [3.05, 3.63) is 24.0 Å². The molecule has 0 saturated carbocycles. The average Bonchev–Trinajstić information content (AvgIpc) is 2.29. The lowest BCUT2D eigenvalue weighted by Crippen LogP contribution is -2.24. The van der Waals surface area contributed by atoms with Crippen molar-refractivity contribution >= 4 is 5.91 Å². The number of aromatic nitrogens is 1. The van der Waals surface area contributed by atoms with Crippen LogP contribution in [0.1, 0.15) is 29.6 Å². The Balaban J connectivity index is 2.33. The average molecular weight is 224 g/mol. The minimum Gasteiger partial charge on any atom is -0.505 e. The SMILES string of the molecule is O=C(NCCCCCO)c1ccncc1O. The van der Waals surface area contributed by atoms with Crippen LogP contribution in [0.2, 0.25) is 0 Å². The van der Waals surface area contributed by atoms with E-state index in [1.165, 1.54) is 18.5 Å². The maximum atomic E-state index is 11.5. The Hall–Kier alpha value is -1.62. The lowest BCUT2D eigenvalue weighted by atomic mass is 10.2. The quantitative estimate of drug-likeness (QED) is 0.620. The lowest BCUT2D eigenvalue weighted by Gasteiger charge is -2.05. The Labute approximate surface area is 94.1 Å². The maximum absolute atomic E-state index is 11.5. The molecule has 0 aliphatic rings. The van der Waals surface area contributed by atoms with Crippen molar-refractivity contribution in [1.29, 1.82) is 0 Å². The highest BCUT2D eigenvalue weighted by Gasteiger charge is 2.09. The van der Waals surface area contributed by atoms with Gasteiger partial charge in [0.05, 0.1) is 11.8 Å². The predicted octanol–water partition coefficient (Wildman–Crippen LogP) is 0.680. The summed E-state index contributed by atoms with van der Waals surface area (Å²) in [5.74, 6) is -0.417. The summed E-state index contributed by atoms with van der Waals surface area (Å²) in [6.07, 6.45) is 5.13. The summed E-state index contributed by atoms with van der Waals surface area (Å²) in [6.45, 7) is 0.722. The van der Waals surface area contributed by atoms with Crippen LogP contribution in [0.25, 0.3) is 0 Å². The van der Waals surface area contributed by atoms with E-state index in [-0.39, 0.29) is 23.8 Å². The lowest BCUT2D eigenvalue weighted by molar-refractivity contribution is 0.0950. The number of carbonyl (C=O) groups excluding carboxylic acids is 1. The number of hydrogen-bond acceptors (Lipinski definition) is 4. The number of rotatable bonds is 6. The van der Waals surface area contributed by atoms with Gasteiger partial charge in [-0.15, -0.1) is 0 Å². The summed E-state index contributed by atoms with van der Waals surface area (Å²) in [5, 5.41) is 20.6. The molecular formula is C11H16N2O3. The molecule has 0 bridgehead atoms. The Morgan fingerprint density at radius 3 is 2.88 bits per heavy atom. The highest BCUT2D eigenvalue weighted by molar-refractivity contribution is 5.96. The van der Waals surface area contributed by atoms with Crippen LogP contribution < -0.4 is 5.32 Å². The van der Waals surface area contributed by atoms with Crippen molar-refractivity contribution in [2.24, 2.45) is 0 Å². The maximum Gasteiger partial charge on any atom is 0.255 e. The largest absolute Gasteiger partial charge is 0.505 e. The zero-order valence-electron chi connectivity index (χ0n) is 9.02. The molecule has 0 spiro atoms. The van der Waals surface area contributed by atoms with Gasteiger partial charge in [-0.3, -0.25) is 9.78 Å². The molecule has 3 N–H and O–H groups in total. The number of aliphatic hydroxyl groups excluding tert-OH is 1. The van der Waals surface area contributed by atoms with E-state index in [9.17, 15) is 9.90 Å². The second kappa shape index (κ2) is 6.79. The van der Waals surface area contributed by atoms with Crippen LogP contribution in [0.3, 0.4) is 0 Å². The first kappa shape index (κ1) is 12.4. The van der Waals surface area contributed by atoms with Crippen molar-refractivity contribution in [3.8, 4) is 5.75 Å². The number of unbranched alkanes of at least 4 members (excludes halogenated alkanes) is 2. The van der Waals surface area contributed by atoms with Gasteiger partial charge in [0.1, 0.15) is 5.75 Å². The number of nitrogens with zero attached hydrogens (tertiary/aromatic N) is 1. The van der Waals surface area contributed by atoms with Crippen LogP contribution in [-0.4, -0.2) is 34.3 Å². The molecule has 0 fully saturated rings. The Morgan fingerprint density at radius 2 is 2.19 bits per heavy atom. The van der Waals surface area contributed by atoms with Gasteiger partial charge in [0, 0.05) is 19.3 Å². The molecule has 0 radical (unpaired) electrons. The topological polar surface area (TPSA) is 82.5 Å². The first-order valence-electron chi connectivity index (χ1n) is 5.27. The molecule has 1 heterocycles. The van der Waals surface area contributed by atoms with Gasteiger partial charge in [-0.1, -0.05) is 0 Å². The number of aliphatic hydroxyl groups is 1. The van der Waals surface area contributed by atoms with Crippen molar-refractivity contribution < 1.29 is 15.0 Å². The summed E-state index contributed by atoms with van der Waals surface area (Å²) >= 11 is 0. The number of carbonyl (C=O) groups is 1. The van der Waals surface area contributed by atoms with Crippen LogP contribution >= 0.6 is 0 Å². The van der Waals surface area contributed by atoms with Gasteiger partial charge in [-0.25, -0.2) is 0 Å². The molecule has 16 heavy (non-hydrogen) atoms. The molecule has 1 amide bonds. The van der Waals surface area contributed by atoms with Gasteiger partial charge in [0.15, 0.2) is 0 Å². The first-order chi connectivity index (χ1) is 7.75. The third-order valence-electron chi connectivity index (χ3n) is 2.17. The molecule has 5 nitrogen and oxygen atoms in total. The van der Waals surface area contributed by atoms with Crippen molar-refractivity contribution in [2.75, 3.05) is 13.2 Å². The molecule has 0 aromatic carbocycles. The Bertz CT molecular complexity index is 342. The summed E-state index contributed by atoms with van der Waals surface area (Å²) < 4.78 is 0. The predicted molar refractivity (Wildman–Crippen MR) is 59.2 cm³/mol. The first-order valence-corrected chi connectivity index (χ1v) is 5.27. The van der Waals surface area contributed by atoms with Crippen LogP contribution in [-0.2, 0) is 0 Å². The molecule has 5 heteroatoms. The standard InChI is InChI=1S/C11H16N2O3/c14-7-3-1-2-5-13-11(16)9-4-6-12-8-10(9)15/h4,6,8,14-15H,1-3,5,7H2,(H,13,16). The number of amides is 1. The summed E-state index contributed by atoms with van der Waals surface area (Å²) in [6, 6.07) is 1.47. The molecule has 1 rings (SSSR count). The fourth-order valence-electron chi connectivity index (χ4n) is 1.29. The van der Waals surface area contributed by atoms with E-state index in [4.69, 9.17) is 5.11 Å². The monoisotopic (exact) mass is 224 g/mol. The molecule has 1 aromatic rings. The van der Waals surface area contributed by atoms with E-state index in [1.54, 1.807) is 0 Å². The highest BCUT2D eigenvalue weighted by Crippen LogP contribution is 2.13. The normalized spacial score (nSPS) is 10.1. The Kier molecular flexibility index (Phi) is 5.28. The summed E-state index contributed by atoms with van der Waals surface area (Å²) in [5.41, 5.74) is 0.233. The van der Waals surface area contributed by atoms with Gasteiger partial charge in [-0.2, -0.15) is 0 Å². The molecule has 0 unspecified atom stereocenters. The third kappa shape index (κ3) is 3.86. The van der Waals surface area contributed by atoms with Crippen molar-refractivity contribution in [2.45, 2.75) is 19.3 Å². The van der Waals surface area contributed by atoms with E-state index in [0.29, 0.717) is 6.54 Å². The number of aromatic hydroxyl groups is 1. The van der Waals surface area contributed by atoms with Crippen LogP contribution in [0.5, 0.6) is 5.75 Å². The molecule has 0 aliphatic heterocycles. The van der Waals surface area contributed by atoms with Gasteiger partial charge in [0.2, 0.25) is 0 Å². The van der Waals surface area contributed by atoms with E-state index in [1.807, 2.05) is 0 Å². The molecule has 1 aromatic heterocycles. The Morgan fingerprint density at radius 1 is 1.38 bits per heavy atom.